The van der Waals surface area contributed by atoms with Gasteiger partial charge in [0.2, 0.25) is 0 Å². The SMILES string of the molecule is C(=C(/C(=C(\C(=C(\C(=C\c1cccs1)c1cccs1)c1cccs1)c1cccs1)c1cccs1)c1cccs1)c1cccs1)\c1cccs1. The summed E-state index contributed by atoms with van der Waals surface area (Å²) in [4.78, 5) is 10.0. The van der Waals surface area contributed by atoms with Crippen LogP contribution in [0.1, 0.15) is 39.0 Å². The molecule has 0 atom stereocenters. The van der Waals surface area contributed by atoms with Gasteiger partial charge in [0, 0.05) is 72.5 Å². The minimum Gasteiger partial charge on any atom is -0.144 e. The van der Waals surface area contributed by atoms with E-state index >= 15 is 0 Å². The molecule has 0 aromatic carbocycles. The second-order valence-corrected chi connectivity index (χ2v) is 18.2. The van der Waals surface area contributed by atoms with Gasteiger partial charge in [0.05, 0.1) is 0 Å². The molecule has 8 aromatic heterocycles. The maximum atomic E-state index is 2.40. The van der Waals surface area contributed by atoms with Crippen LogP contribution in [0.15, 0.2) is 140 Å². The Bertz CT molecular complexity index is 2100. The Morgan fingerprint density at radius 3 is 0.833 bits per heavy atom. The van der Waals surface area contributed by atoms with Crippen molar-refractivity contribution in [3.8, 4) is 0 Å². The molecular weight excluding hydrogens is 737 g/mol. The van der Waals surface area contributed by atoms with Gasteiger partial charge < -0.3 is 0 Å². The van der Waals surface area contributed by atoms with Crippen molar-refractivity contribution in [2.75, 3.05) is 0 Å². The van der Waals surface area contributed by atoms with Crippen LogP contribution in [0, 0.1) is 0 Å². The molecule has 0 aliphatic carbocycles. The molecule has 0 bridgehead atoms. The molecule has 8 rings (SSSR count). The molecule has 234 valence electrons. The predicted octanol–water partition coefficient (Wildman–Crippen LogP) is 15.2. The lowest BCUT2D eigenvalue weighted by atomic mass is 9.85. The first-order valence-corrected chi connectivity index (χ1v) is 22.1. The smallest absolute Gasteiger partial charge is 0.0356 e. The molecule has 0 unspecified atom stereocenters. The van der Waals surface area contributed by atoms with E-state index in [1.54, 1.807) is 45.3 Å². The summed E-state index contributed by atoms with van der Waals surface area (Å²) < 4.78 is 0. The van der Waals surface area contributed by atoms with Gasteiger partial charge in [-0.3, -0.25) is 0 Å². The van der Waals surface area contributed by atoms with E-state index in [0.717, 1.165) is 0 Å². The largest absolute Gasteiger partial charge is 0.144 e. The Kier molecular flexibility index (Phi) is 9.93. The molecule has 0 aliphatic heterocycles. The van der Waals surface area contributed by atoms with Crippen LogP contribution in [0.5, 0.6) is 0 Å². The molecule has 0 saturated carbocycles. The van der Waals surface area contributed by atoms with Crippen molar-refractivity contribution >= 4 is 136 Å². The summed E-state index contributed by atoms with van der Waals surface area (Å²) in [6, 6.07) is 35.6. The van der Waals surface area contributed by atoms with Crippen LogP contribution in [0.2, 0.25) is 0 Å². The van der Waals surface area contributed by atoms with Gasteiger partial charge in [-0.15, -0.1) is 90.7 Å². The molecule has 0 aliphatic rings. The Morgan fingerprint density at radius 1 is 0.292 bits per heavy atom. The van der Waals surface area contributed by atoms with Crippen molar-refractivity contribution in [2.45, 2.75) is 0 Å². The number of hydrogen-bond acceptors (Lipinski definition) is 8. The van der Waals surface area contributed by atoms with E-state index in [1.165, 1.54) is 72.5 Å². The predicted molar refractivity (Wildman–Crippen MR) is 224 cm³/mol. The van der Waals surface area contributed by atoms with Crippen molar-refractivity contribution in [3.63, 3.8) is 0 Å². The van der Waals surface area contributed by atoms with Crippen molar-refractivity contribution in [1.82, 2.24) is 0 Å². The summed E-state index contributed by atoms with van der Waals surface area (Å²) in [5.74, 6) is 0. The molecule has 8 heteroatoms. The zero-order valence-electron chi connectivity index (χ0n) is 25.3. The van der Waals surface area contributed by atoms with E-state index in [2.05, 4.69) is 152 Å². The lowest BCUT2D eigenvalue weighted by molar-refractivity contribution is 1.75. The Balaban J connectivity index is 1.58. The lowest BCUT2D eigenvalue weighted by Crippen LogP contribution is -2.00. The molecular formula is C40H26S8. The van der Waals surface area contributed by atoms with E-state index in [9.17, 15) is 0 Å². The van der Waals surface area contributed by atoms with Crippen molar-refractivity contribution < 1.29 is 0 Å². The maximum absolute atomic E-state index is 2.40. The van der Waals surface area contributed by atoms with Crippen molar-refractivity contribution in [2.24, 2.45) is 0 Å². The van der Waals surface area contributed by atoms with Crippen molar-refractivity contribution in [1.29, 1.82) is 0 Å². The summed E-state index contributed by atoms with van der Waals surface area (Å²) in [5, 5.41) is 17.6. The highest BCUT2D eigenvalue weighted by molar-refractivity contribution is 7.16. The fourth-order valence-electron chi connectivity index (χ4n) is 5.64. The highest BCUT2D eigenvalue weighted by Crippen LogP contribution is 2.53. The van der Waals surface area contributed by atoms with Crippen LogP contribution in [0.3, 0.4) is 0 Å². The summed E-state index contributed by atoms with van der Waals surface area (Å²) in [6.07, 6.45) is 4.80. The molecule has 0 amide bonds. The van der Waals surface area contributed by atoms with E-state index in [-0.39, 0.29) is 0 Å². The van der Waals surface area contributed by atoms with Crippen LogP contribution < -0.4 is 0 Å². The Hall–Kier alpha value is -3.44. The average Bonchev–Trinajstić information content (AvgIpc) is 3.98. The number of rotatable bonds is 11. The fourth-order valence-corrected chi connectivity index (χ4v) is 11.6. The number of thiophene rings is 8. The summed E-state index contributed by atoms with van der Waals surface area (Å²) >= 11 is 14.4. The molecule has 0 fully saturated rings. The van der Waals surface area contributed by atoms with E-state index in [4.69, 9.17) is 0 Å². The molecule has 8 heterocycles. The first-order valence-electron chi connectivity index (χ1n) is 15.1. The van der Waals surface area contributed by atoms with Crippen LogP contribution in [-0.2, 0) is 0 Å². The van der Waals surface area contributed by atoms with Crippen molar-refractivity contribution in [3.05, 3.63) is 179 Å². The molecule has 8 aromatic rings. The standard InChI is InChI=1S/C40H26S8/c1-9-27(41-17-1)25-29(31-11-3-19-43-31)37(33-13-5-21-45-33)39(35-15-7-23-47-35)40(36-16-8-24-48-36)38(34-14-6-22-46-34)30(32-12-4-20-44-32)26-28-10-2-18-42-28/h1-26H/b29-25+,30-26+,39-37-,40-38+. The highest BCUT2D eigenvalue weighted by Gasteiger charge is 2.29. The second kappa shape index (κ2) is 15.0. The molecule has 0 radical (unpaired) electrons. The molecule has 0 nitrogen and oxygen atoms in total. The third-order valence-corrected chi connectivity index (χ3v) is 14.6. The normalized spacial score (nSPS) is 13.5. The van der Waals surface area contributed by atoms with Gasteiger partial charge in [-0.2, -0.15) is 0 Å². The van der Waals surface area contributed by atoms with Gasteiger partial charge in [0.15, 0.2) is 0 Å². The summed E-state index contributed by atoms with van der Waals surface area (Å²) in [6.45, 7) is 0. The van der Waals surface area contributed by atoms with E-state index < -0.39 is 0 Å². The van der Waals surface area contributed by atoms with Gasteiger partial charge in [0.1, 0.15) is 0 Å². The monoisotopic (exact) mass is 762 g/mol. The van der Waals surface area contributed by atoms with Gasteiger partial charge in [-0.25, -0.2) is 0 Å². The molecule has 0 spiro atoms. The second-order valence-electron chi connectivity index (χ2n) is 10.5. The Morgan fingerprint density at radius 2 is 0.562 bits per heavy atom. The molecule has 48 heavy (non-hydrogen) atoms. The van der Waals surface area contributed by atoms with Crippen LogP contribution >= 0.6 is 90.7 Å². The summed E-state index contributed by atoms with van der Waals surface area (Å²) in [5.41, 5.74) is 7.56. The average molecular weight is 763 g/mol. The Labute approximate surface area is 312 Å². The first-order chi connectivity index (χ1) is 23.8. The fraction of sp³-hybridized carbons (Fsp3) is 0. The minimum atomic E-state index is 1.25. The first kappa shape index (κ1) is 31.8. The van der Waals surface area contributed by atoms with Gasteiger partial charge >= 0.3 is 0 Å². The van der Waals surface area contributed by atoms with Crippen LogP contribution in [-0.4, -0.2) is 0 Å². The van der Waals surface area contributed by atoms with E-state index in [0.29, 0.717) is 0 Å². The number of hydrogen-bond donors (Lipinski definition) is 0. The molecule has 0 N–H and O–H groups in total. The lowest BCUT2D eigenvalue weighted by Gasteiger charge is -2.23. The summed E-state index contributed by atoms with van der Waals surface area (Å²) in [7, 11) is 0. The third-order valence-electron chi connectivity index (χ3n) is 7.59. The molecule has 0 saturated heterocycles. The van der Waals surface area contributed by atoms with Crippen LogP contribution in [0.4, 0.5) is 0 Å². The zero-order chi connectivity index (χ0) is 32.1. The zero-order valence-corrected chi connectivity index (χ0v) is 31.8. The van der Waals surface area contributed by atoms with Crippen LogP contribution in [0.25, 0.3) is 45.6 Å². The van der Waals surface area contributed by atoms with Gasteiger partial charge in [-0.1, -0.05) is 48.5 Å². The quantitative estimate of drug-likeness (QED) is 0.115. The van der Waals surface area contributed by atoms with E-state index in [1.807, 2.05) is 45.3 Å². The topological polar surface area (TPSA) is 0 Å². The maximum Gasteiger partial charge on any atom is 0.0356 e. The minimum absolute atomic E-state index is 1.25. The third kappa shape index (κ3) is 6.72. The van der Waals surface area contributed by atoms with Gasteiger partial charge in [0.25, 0.3) is 0 Å². The number of allylic oxidation sites excluding steroid dienone is 6. The van der Waals surface area contributed by atoms with Gasteiger partial charge in [-0.05, 0) is 104 Å². The highest BCUT2D eigenvalue weighted by atomic mass is 32.1.